The predicted molar refractivity (Wildman–Crippen MR) is 67.9 cm³/mol. The Morgan fingerprint density at radius 2 is 2.35 bits per heavy atom. The number of piperidine rings is 1. The van der Waals surface area contributed by atoms with Gasteiger partial charge >= 0.3 is 0 Å². The first kappa shape index (κ1) is 12.0. The number of carbonyl (C=O) groups is 1. The second-order valence-corrected chi connectivity index (χ2v) is 4.81. The lowest BCUT2D eigenvalue weighted by Gasteiger charge is -2.33. The van der Waals surface area contributed by atoms with E-state index in [1.54, 1.807) is 6.20 Å². The lowest BCUT2D eigenvalue weighted by atomic mass is 9.90. The molecule has 4 nitrogen and oxygen atoms in total. The average molecular weight is 233 g/mol. The molecule has 0 saturated carbocycles. The van der Waals surface area contributed by atoms with Crippen molar-refractivity contribution in [2.24, 2.45) is 0 Å². The van der Waals surface area contributed by atoms with Crippen LogP contribution in [0.15, 0.2) is 18.3 Å². The molecule has 4 heteroatoms. The number of aryl methyl sites for hydroxylation is 1. The van der Waals surface area contributed by atoms with Gasteiger partial charge in [-0.15, -0.1) is 0 Å². The quantitative estimate of drug-likeness (QED) is 0.819. The van der Waals surface area contributed by atoms with Gasteiger partial charge in [-0.2, -0.15) is 0 Å². The Balaban J connectivity index is 2.08. The number of nitrogens with zero attached hydrogens (tertiary/aromatic N) is 1. The smallest absolute Gasteiger partial charge is 0.244 e. The first-order valence-electron chi connectivity index (χ1n) is 6.10. The highest BCUT2D eigenvalue weighted by Gasteiger charge is 2.34. The van der Waals surface area contributed by atoms with Gasteiger partial charge in [0.05, 0.1) is 16.9 Å². The van der Waals surface area contributed by atoms with Gasteiger partial charge in [0, 0.05) is 6.20 Å². The van der Waals surface area contributed by atoms with Gasteiger partial charge in [0.2, 0.25) is 5.91 Å². The molecule has 92 valence electrons. The largest absolute Gasteiger partial charge is 0.323 e. The van der Waals surface area contributed by atoms with Gasteiger partial charge in [0.15, 0.2) is 0 Å². The van der Waals surface area contributed by atoms with Crippen molar-refractivity contribution in [1.29, 1.82) is 0 Å². The highest BCUT2D eigenvalue weighted by Crippen LogP contribution is 2.21. The van der Waals surface area contributed by atoms with Crippen molar-refractivity contribution >= 4 is 11.6 Å². The minimum Gasteiger partial charge on any atom is -0.323 e. The molecule has 1 aromatic heterocycles. The zero-order chi connectivity index (χ0) is 12.3. The van der Waals surface area contributed by atoms with Crippen LogP contribution in [0.2, 0.25) is 0 Å². The highest BCUT2D eigenvalue weighted by atomic mass is 16.2. The molecule has 1 saturated heterocycles. The molecular formula is C13H19N3O. The molecule has 1 atom stereocenters. The van der Waals surface area contributed by atoms with Crippen LogP contribution in [0.4, 0.5) is 5.69 Å². The number of rotatable bonds is 2. The van der Waals surface area contributed by atoms with Crippen LogP contribution >= 0.6 is 0 Å². The Hall–Kier alpha value is -1.42. The summed E-state index contributed by atoms with van der Waals surface area (Å²) in [5.74, 6) is 0.0355. The number of carbonyl (C=O) groups excluding carboxylic acids is 1. The van der Waals surface area contributed by atoms with Crippen molar-refractivity contribution in [3.63, 3.8) is 0 Å². The summed E-state index contributed by atoms with van der Waals surface area (Å²) in [6.07, 6.45) is 4.86. The average Bonchev–Trinajstić information content (AvgIpc) is 2.33. The number of nitrogens with one attached hydrogen (secondary N) is 2. The van der Waals surface area contributed by atoms with Crippen LogP contribution in [-0.2, 0) is 4.79 Å². The van der Waals surface area contributed by atoms with E-state index in [1.807, 2.05) is 26.0 Å². The number of hydrogen-bond acceptors (Lipinski definition) is 3. The van der Waals surface area contributed by atoms with Crippen LogP contribution in [0, 0.1) is 6.92 Å². The standard InChI is InChI=1S/C13H19N3O/c1-10-11(6-5-8-14-10)16-12(17)13(2)7-3-4-9-15-13/h5-6,8,15H,3-4,7,9H2,1-2H3,(H,16,17). The third kappa shape index (κ3) is 2.64. The van der Waals surface area contributed by atoms with Gasteiger partial charge < -0.3 is 10.6 Å². The second kappa shape index (κ2) is 4.84. The fourth-order valence-electron chi connectivity index (χ4n) is 2.13. The van der Waals surface area contributed by atoms with E-state index in [0.29, 0.717) is 0 Å². The van der Waals surface area contributed by atoms with E-state index in [9.17, 15) is 4.79 Å². The van der Waals surface area contributed by atoms with Gasteiger partial charge in [-0.1, -0.05) is 0 Å². The monoisotopic (exact) mass is 233 g/mol. The summed E-state index contributed by atoms with van der Waals surface area (Å²) in [5, 5.41) is 6.26. The van der Waals surface area contributed by atoms with Crippen molar-refractivity contribution in [3.8, 4) is 0 Å². The fraction of sp³-hybridized carbons (Fsp3) is 0.538. The fourth-order valence-corrected chi connectivity index (χ4v) is 2.13. The number of amides is 1. The maximum Gasteiger partial charge on any atom is 0.244 e. The zero-order valence-corrected chi connectivity index (χ0v) is 10.4. The van der Waals surface area contributed by atoms with E-state index in [4.69, 9.17) is 0 Å². The van der Waals surface area contributed by atoms with Gasteiger partial charge in [0.1, 0.15) is 0 Å². The van der Waals surface area contributed by atoms with Crippen molar-refractivity contribution in [3.05, 3.63) is 24.0 Å². The predicted octanol–water partition coefficient (Wildman–Crippen LogP) is 1.86. The van der Waals surface area contributed by atoms with Crippen molar-refractivity contribution in [2.45, 2.75) is 38.6 Å². The first-order valence-corrected chi connectivity index (χ1v) is 6.10. The third-order valence-electron chi connectivity index (χ3n) is 3.38. The summed E-state index contributed by atoms with van der Waals surface area (Å²) in [7, 11) is 0. The van der Waals surface area contributed by atoms with E-state index in [2.05, 4.69) is 15.6 Å². The molecule has 0 aromatic carbocycles. The minimum atomic E-state index is -0.444. The van der Waals surface area contributed by atoms with Crippen LogP contribution < -0.4 is 10.6 Å². The summed E-state index contributed by atoms with van der Waals surface area (Å²) in [6, 6.07) is 3.71. The maximum absolute atomic E-state index is 12.2. The lowest BCUT2D eigenvalue weighted by molar-refractivity contribution is -0.122. The van der Waals surface area contributed by atoms with Crippen molar-refractivity contribution < 1.29 is 4.79 Å². The number of aromatic nitrogens is 1. The third-order valence-corrected chi connectivity index (χ3v) is 3.38. The highest BCUT2D eigenvalue weighted by molar-refractivity contribution is 5.98. The minimum absolute atomic E-state index is 0.0355. The Bertz CT molecular complexity index is 411. The summed E-state index contributed by atoms with van der Waals surface area (Å²) in [4.78, 5) is 16.4. The molecule has 0 bridgehead atoms. The zero-order valence-electron chi connectivity index (χ0n) is 10.4. The SMILES string of the molecule is Cc1ncccc1NC(=O)C1(C)CCCCN1. The molecule has 0 aliphatic carbocycles. The van der Waals surface area contributed by atoms with Crippen LogP contribution in [0.3, 0.4) is 0 Å². The molecule has 17 heavy (non-hydrogen) atoms. The maximum atomic E-state index is 12.2. The molecule has 1 fully saturated rings. The molecule has 2 heterocycles. The Labute approximate surface area is 102 Å². The molecule has 2 N–H and O–H groups in total. The molecule has 1 aliphatic rings. The van der Waals surface area contributed by atoms with E-state index < -0.39 is 5.54 Å². The topological polar surface area (TPSA) is 54.0 Å². The van der Waals surface area contributed by atoms with E-state index in [-0.39, 0.29) is 5.91 Å². The van der Waals surface area contributed by atoms with Crippen LogP contribution in [-0.4, -0.2) is 23.0 Å². The van der Waals surface area contributed by atoms with Crippen molar-refractivity contribution in [2.75, 3.05) is 11.9 Å². The number of anilines is 1. The lowest BCUT2D eigenvalue weighted by Crippen LogP contribution is -2.54. The van der Waals surface area contributed by atoms with Crippen LogP contribution in [0.25, 0.3) is 0 Å². The number of hydrogen-bond donors (Lipinski definition) is 2. The van der Waals surface area contributed by atoms with Crippen molar-refractivity contribution in [1.82, 2.24) is 10.3 Å². The number of pyridine rings is 1. The Morgan fingerprint density at radius 1 is 1.53 bits per heavy atom. The van der Waals surface area contributed by atoms with Gasteiger partial charge in [0.25, 0.3) is 0 Å². The second-order valence-electron chi connectivity index (χ2n) is 4.81. The normalized spacial score (nSPS) is 24.4. The van der Waals surface area contributed by atoms with E-state index >= 15 is 0 Å². The van der Waals surface area contributed by atoms with Crippen LogP contribution in [0.5, 0.6) is 0 Å². The molecule has 1 aliphatic heterocycles. The molecule has 1 aromatic rings. The molecular weight excluding hydrogens is 214 g/mol. The van der Waals surface area contributed by atoms with E-state index in [1.165, 1.54) is 0 Å². The Kier molecular flexibility index (Phi) is 3.43. The molecule has 1 amide bonds. The summed E-state index contributed by atoms with van der Waals surface area (Å²) < 4.78 is 0. The first-order chi connectivity index (χ1) is 8.12. The van der Waals surface area contributed by atoms with E-state index in [0.717, 1.165) is 37.2 Å². The van der Waals surface area contributed by atoms with Gasteiger partial charge in [-0.05, 0) is 51.8 Å². The van der Waals surface area contributed by atoms with Crippen LogP contribution in [0.1, 0.15) is 31.9 Å². The molecule has 0 spiro atoms. The Morgan fingerprint density at radius 3 is 3.00 bits per heavy atom. The summed E-state index contributed by atoms with van der Waals surface area (Å²) in [6.45, 7) is 4.77. The molecule has 2 rings (SSSR count). The molecule has 1 unspecified atom stereocenters. The summed E-state index contributed by atoms with van der Waals surface area (Å²) >= 11 is 0. The summed E-state index contributed by atoms with van der Waals surface area (Å²) in [5.41, 5.74) is 1.20. The molecule has 0 radical (unpaired) electrons. The van der Waals surface area contributed by atoms with Gasteiger partial charge in [-0.3, -0.25) is 9.78 Å². The van der Waals surface area contributed by atoms with Gasteiger partial charge in [-0.25, -0.2) is 0 Å².